The Morgan fingerprint density at radius 3 is 2.57 bits per heavy atom. The fourth-order valence-electron chi connectivity index (χ4n) is 1.71. The number of sulfonamides is 1. The van der Waals surface area contributed by atoms with E-state index in [1.165, 1.54) is 18.2 Å². The van der Waals surface area contributed by atoms with E-state index < -0.39 is 15.8 Å². The third-order valence-electron chi connectivity index (χ3n) is 2.83. The quantitative estimate of drug-likeness (QED) is 0.940. The monoisotopic (exact) mass is 324 g/mol. The molecule has 0 fully saturated rings. The first-order valence-electron chi connectivity index (χ1n) is 5.83. The average Bonchev–Trinajstić information content (AvgIpc) is 2.43. The Bertz CT molecular complexity index is 824. The molecule has 0 saturated carbocycles. The molecular weight excluding hydrogens is 315 g/mol. The van der Waals surface area contributed by atoms with Crippen molar-refractivity contribution in [1.29, 1.82) is 5.26 Å². The molecule has 0 saturated heterocycles. The minimum absolute atomic E-state index is 0.0191. The second-order valence-electron chi connectivity index (χ2n) is 4.29. The van der Waals surface area contributed by atoms with Crippen molar-refractivity contribution in [1.82, 2.24) is 0 Å². The van der Waals surface area contributed by atoms with E-state index in [1.807, 2.05) is 6.07 Å². The van der Waals surface area contributed by atoms with Crippen LogP contribution in [0.2, 0.25) is 5.02 Å². The summed E-state index contributed by atoms with van der Waals surface area (Å²) in [5.74, 6) is -0.668. The van der Waals surface area contributed by atoms with E-state index in [1.54, 1.807) is 13.0 Å². The van der Waals surface area contributed by atoms with Crippen LogP contribution in [0.5, 0.6) is 0 Å². The number of para-hydroxylation sites is 1. The summed E-state index contributed by atoms with van der Waals surface area (Å²) < 4.78 is 40.4. The highest BCUT2D eigenvalue weighted by atomic mass is 35.5. The summed E-state index contributed by atoms with van der Waals surface area (Å²) in [7, 11) is -3.99. The van der Waals surface area contributed by atoms with Gasteiger partial charge in [0.25, 0.3) is 10.0 Å². The highest BCUT2D eigenvalue weighted by molar-refractivity contribution is 7.92. The number of benzene rings is 2. The molecule has 0 unspecified atom stereocenters. The van der Waals surface area contributed by atoms with Gasteiger partial charge in [-0.05, 0) is 36.8 Å². The van der Waals surface area contributed by atoms with Gasteiger partial charge in [-0.15, -0.1) is 0 Å². The molecule has 2 rings (SSSR count). The molecule has 0 spiro atoms. The van der Waals surface area contributed by atoms with Crippen LogP contribution in [0.4, 0.5) is 10.1 Å². The van der Waals surface area contributed by atoms with Crippen LogP contribution in [0, 0.1) is 24.1 Å². The number of nitrogens with one attached hydrogen (secondary N) is 1. The maximum atomic E-state index is 13.7. The van der Waals surface area contributed by atoms with Gasteiger partial charge in [0.2, 0.25) is 0 Å². The van der Waals surface area contributed by atoms with Crippen molar-refractivity contribution in [3.63, 3.8) is 0 Å². The van der Waals surface area contributed by atoms with E-state index in [4.69, 9.17) is 16.9 Å². The van der Waals surface area contributed by atoms with Crippen molar-refractivity contribution >= 4 is 27.3 Å². The summed E-state index contributed by atoms with van der Waals surface area (Å²) in [6, 6.07) is 9.76. The topological polar surface area (TPSA) is 70.0 Å². The molecule has 0 aliphatic heterocycles. The molecule has 7 heteroatoms. The number of nitrogens with zero attached hydrogens (tertiary/aromatic N) is 1. The van der Waals surface area contributed by atoms with Gasteiger partial charge in [0.05, 0.1) is 21.2 Å². The molecule has 108 valence electrons. The van der Waals surface area contributed by atoms with Crippen LogP contribution in [0.1, 0.15) is 11.1 Å². The zero-order valence-electron chi connectivity index (χ0n) is 10.9. The van der Waals surface area contributed by atoms with Crippen molar-refractivity contribution in [3.05, 3.63) is 58.4 Å². The predicted molar refractivity (Wildman–Crippen MR) is 78.1 cm³/mol. The molecule has 0 bridgehead atoms. The maximum Gasteiger partial charge on any atom is 0.262 e. The van der Waals surface area contributed by atoms with E-state index in [0.717, 1.165) is 12.1 Å². The molecule has 0 radical (unpaired) electrons. The molecule has 0 heterocycles. The number of hydrogen-bond donors (Lipinski definition) is 1. The second kappa shape index (κ2) is 5.72. The lowest BCUT2D eigenvalue weighted by atomic mass is 10.2. The summed E-state index contributed by atoms with van der Waals surface area (Å²) in [5.41, 5.74) is 0.508. The van der Waals surface area contributed by atoms with Crippen LogP contribution in [0.25, 0.3) is 0 Å². The number of halogens is 2. The Labute approximate surface area is 126 Å². The van der Waals surface area contributed by atoms with E-state index >= 15 is 0 Å². The van der Waals surface area contributed by atoms with E-state index in [9.17, 15) is 12.8 Å². The molecule has 0 aliphatic carbocycles. The van der Waals surface area contributed by atoms with Crippen molar-refractivity contribution in [2.24, 2.45) is 0 Å². The van der Waals surface area contributed by atoms with Gasteiger partial charge in [-0.25, -0.2) is 12.8 Å². The van der Waals surface area contributed by atoms with Crippen molar-refractivity contribution < 1.29 is 12.8 Å². The first kappa shape index (κ1) is 15.3. The van der Waals surface area contributed by atoms with Crippen molar-refractivity contribution in [3.8, 4) is 6.07 Å². The van der Waals surface area contributed by atoms with Crippen molar-refractivity contribution in [2.45, 2.75) is 11.8 Å². The normalized spacial score (nSPS) is 11.0. The predicted octanol–water partition coefficient (Wildman–Crippen LogP) is 3.46. The zero-order valence-corrected chi connectivity index (χ0v) is 12.5. The van der Waals surface area contributed by atoms with Crippen LogP contribution >= 0.6 is 11.6 Å². The van der Waals surface area contributed by atoms with E-state index in [0.29, 0.717) is 5.56 Å². The summed E-state index contributed by atoms with van der Waals surface area (Å²) in [6.07, 6.45) is 0. The minimum atomic E-state index is -3.99. The van der Waals surface area contributed by atoms with Gasteiger partial charge in [0, 0.05) is 0 Å². The second-order valence-corrected chi connectivity index (χ2v) is 6.38. The molecule has 4 nitrogen and oxygen atoms in total. The number of aryl methyl sites for hydroxylation is 1. The lowest BCUT2D eigenvalue weighted by Gasteiger charge is -2.11. The smallest absolute Gasteiger partial charge is 0.262 e. The van der Waals surface area contributed by atoms with Gasteiger partial charge >= 0.3 is 0 Å². The molecule has 1 N–H and O–H groups in total. The fourth-order valence-corrected chi connectivity index (χ4v) is 3.16. The summed E-state index contributed by atoms with van der Waals surface area (Å²) in [5, 5.41) is 8.79. The Hall–Kier alpha value is -2.10. The highest BCUT2D eigenvalue weighted by Gasteiger charge is 2.18. The molecule has 0 amide bonds. The molecule has 0 aromatic heterocycles. The standard InChI is InChI=1S/C14H10ClFN2O2S/c1-9-3-2-4-13(16)14(9)18-21(19,20)11-6-5-10(8-17)12(15)7-11/h2-7,18H,1H3. The number of hydrogen-bond acceptors (Lipinski definition) is 3. The van der Waals surface area contributed by atoms with Crippen molar-refractivity contribution in [2.75, 3.05) is 4.72 Å². The summed E-state index contributed by atoms with van der Waals surface area (Å²) in [6.45, 7) is 1.59. The van der Waals surface area contributed by atoms with Crippen LogP contribution in [-0.2, 0) is 10.0 Å². The van der Waals surface area contributed by atoms with Crippen LogP contribution in [0.3, 0.4) is 0 Å². The third-order valence-corrected chi connectivity index (χ3v) is 4.49. The SMILES string of the molecule is Cc1cccc(F)c1NS(=O)(=O)c1ccc(C#N)c(Cl)c1. The third kappa shape index (κ3) is 3.15. The van der Waals surface area contributed by atoms with Gasteiger partial charge in [-0.2, -0.15) is 5.26 Å². The van der Waals surface area contributed by atoms with Gasteiger partial charge in [-0.1, -0.05) is 23.7 Å². The summed E-state index contributed by atoms with van der Waals surface area (Å²) >= 11 is 5.81. The van der Waals surface area contributed by atoms with Crippen LogP contribution in [-0.4, -0.2) is 8.42 Å². The van der Waals surface area contributed by atoms with E-state index in [2.05, 4.69) is 4.72 Å². The lowest BCUT2D eigenvalue weighted by molar-refractivity contribution is 0.598. The molecule has 2 aromatic rings. The van der Waals surface area contributed by atoms with Crippen LogP contribution < -0.4 is 4.72 Å². The Morgan fingerprint density at radius 2 is 2.00 bits per heavy atom. The molecule has 0 atom stereocenters. The van der Waals surface area contributed by atoms with Gasteiger partial charge in [-0.3, -0.25) is 4.72 Å². The number of nitriles is 1. The zero-order chi connectivity index (χ0) is 15.6. The maximum absolute atomic E-state index is 13.7. The van der Waals surface area contributed by atoms with E-state index in [-0.39, 0.29) is 21.2 Å². The highest BCUT2D eigenvalue weighted by Crippen LogP contribution is 2.25. The van der Waals surface area contributed by atoms with Crippen LogP contribution in [0.15, 0.2) is 41.3 Å². The summed E-state index contributed by atoms with van der Waals surface area (Å²) in [4.78, 5) is -0.144. The first-order chi connectivity index (χ1) is 9.85. The molecular formula is C14H10ClFN2O2S. The number of anilines is 1. The minimum Gasteiger partial charge on any atom is -0.276 e. The average molecular weight is 325 g/mol. The Kier molecular flexibility index (Phi) is 4.16. The number of rotatable bonds is 3. The fraction of sp³-hybridized carbons (Fsp3) is 0.0714. The lowest BCUT2D eigenvalue weighted by Crippen LogP contribution is -2.15. The molecule has 0 aliphatic rings. The largest absolute Gasteiger partial charge is 0.276 e. The van der Waals surface area contributed by atoms with Gasteiger partial charge in [0.1, 0.15) is 11.9 Å². The Balaban J connectivity index is 2.44. The van der Waals surface area contributed by atoms with Gasteiger partial charge < -0.3 is 0 Å². The molecule has 21 heavy (non-hydrogen) atoms. The molecule has 2 aromatic carbocycles. The Morgan fingerprint density at radius 1 is 1.29 bits per heavy atom. The van der Waals surface area contributed by atoms with Gasteiger partial charge in [0.15, 0.2) is 0 Å². The first-order valence-corrected chi connectivity index (χ1v) is 7.69.